The van der Waals surface area contributed by atoms with Crippen LogP contribution in [0.1, 0.15) is 60.8 Å². The molecule has 0 spiro atoms. The van der Waals surface area contributed by atoms with Crippen molar-refractivity contribution in [3.63, 3.8) is 0 Å². The second kappa shape index (κ2) is 4.66. The number of aliphatic hydroxyl groups excluding tert-OH is 1. The zero-order valence-electron chi connectivity index (χ0n) is 11.9. The lowest BCUT2D eigenvalue weighted by molar-refractivity contribution is -0.0381. The highest BCUT2D eigenvalue weighted by Gasteiger charge is 2.38. The first-order chi connectivity index (χ1) is 7.11. The molecule has 96 valence electrons. The topological polar surface area (TPSA) is 23.5 Å². The van der Waals surface area contributed by atoms with Gasteiger partial charge in [-0.2, -0.15) is 0 Å². The van der Waals surface area contributed by atoms with E-state index in [4.69, 9.17) is 0 Å². The maximum atomic E-state index is 10.0. The van der Waals surface area contributed by atoms with E-state index in [2.05, 4.69) is 46.4 Å². The normalized spacial score (nSPS) is 26.1. The summed E-state index contributed by atoms with van der Waals surface area (Å²) in [4.78, 5) is 2.31. The third-order valence-electron chi connectivity index (χ3n) is 3.47. The van der Waals surface area contributed by atoms with Crippen molar-refractivity contribution in [1.82, 2.24) is 4.90 Å². The van der Waals surface area contributed by atoms with Crippen LogP contribution < -0.4 is 0 Å². The Hall–Kier alpha value is -0.0800. The molecule has 16 heavy (non-hydrogen) atoms. The Bertz CT molecular complexity index is 224. The third-order valence-corrected chi connectivity index (χ3v) is 3.47. The molecule has 0 aromatic rings. The molecule has 0 radical (unpaired) electrons. The van der Waals surface area contributed by atoms with Crippen molar-refractivity contribution >= 4 is 0 Å². The van der Waals surface area contributed by atoms with E-state index in [9.17, 15) is 5.11 Å². The van der Waals surface area contributed by atoms with Gasteiger partial charge < -0.3 is 5.11 Å². The number of nitrogens with zero attached hydrogens (tertiary/aromatic N) is 1. The van der Waals surface area contributed by atoms with Crippen LogP contribution in [0, 0.1) is 10.8 Å². The summed E-state index contributed by atoms with van der Waals surface area (Å²) in [5, 5.41) is 10.0. The summed E-state index contributed by atoms with van der Waals surface area (Å²) in [6, 6.07) is 0.477. The molecule has 1 saturated heterocycles. The van der Waals surface area contributed by atoms with Crippen molar-refractivity contribution in [1.29, 1.82) is 0 Å². The summed E-state index contributed by atoms with van der Waals surface area (Å²) >= 11 is 0. The van der Waals surface area contributed by atoms with Gasteiger partial charge in [-0.3, -0.25) is 4.90 Å². The van der Waals surface area contributed by atoms with Gasteiger partial charge in [-0.1, -0.05) is 41.5 Å². The highest BCUT2D eigenvalue weighted by Crippen LogP contribution is 2.37. The lowest BCUT2D eigenvalue weighted by Crippen LogP contribution is -2.48. The SMILES string of the molecule is CC(C)(C)CC(N1CCCC1O)C(C)(C)C. The standard InChI is InChI=1S/C14H29NO/c1-13(2,3)10-11(14(4,5)6)15-9-7-8-12(15)16/h11-12,16H,7-10H2,1-6H3. The van der Waals surface area contributed by atoms with E-state index >= 15 is 0 Å². The smallest absolute Gasteiger partial charge is 0.107 e. The minimum absolute atomic E-state index is 0.216. The molecule has 0 bridgehead atoms. The Morgan fingerprint density at radius 2 is 1.75 bits per heavy atom. The third kappa shape index (κ3) is 3.74. The zero-order chi connectivity index (χ0) is 12.6. The number of likely N-dealkylation sites (tertiary alicyclic amines) is 1. The van der Waals surface area contributed by atoms with Crippen LogP contribution in [0.15, 0.2) is 0 Å². The summed E-state index contributed by atoms with van der Waals surface area (Å²) in [5.74, 6) is 0. The highest BCUT2D eigenvalue weighted by atomic mass is 16.3. The van der Waals surface area contributed by atoms with Gasteiger partial charge in [0.15, 0.2) is 0 Å². The molecule has 1 aliphatic rings. The second-order valence-corrected chi connectivity index (χ2v) is 7.51. The van der Waals surface area contributed by atoms with Crippen LogP contribution in [-0.2, 0) is 0 Å². The summed E-state index contributed by atoms with van der Waals surface area (Å²) in [6.07, 6.45) is 3.01. The predicted molar refractivity (Wildman–Crippen MR) is 69.3 cm³/mol. The van der Waals surface area contributed by atoms with E-state index < -0.39 is 0 Å². The lowest BCUT2D eigenvalue weighted by Gasteiger charge is -2.43. The molecule has 0 saturated carbocycles. The number of rotatable bonds is 2. The molecule has 0 aromatic carbocycles. The van der Waals surface area contributed by atoms with Crippen molar-refractivity contribution < 1.29 is 5.11 Å². The Labute approximate surface area is 101 Å². The van der Waals surface area contributed by atoms with E-state index in [1.165, 1.54) is 0 Å². The fourth-order valence-corrected chi connectivity index (χ4v) is 2.64. The van der Waals surface area contributed by atoms with Crippen LogP contribution in [0.5, 0.6) is 0 Å². The van der Waals surface area contributed by atoms with E-state index in [1.54, 1.807) is 0 Å². The van der Waals surface area contributed by atoms with Gasteiger partial charge in [0.2, 0.25) is 0 Å². The molecule has 2 nitrogen and oxygen atoms in total. The fourth-order valence-electron chi connectivity index (χ4n) is 2.64. The van der Waals surface area contributed by atoms with Crippen molar-refractivity contribution in [2.75, 3.05) is 6.54 Å². The largest absolute Gasteiger partial charge is 0.378 e. The van der Waals surface area contributed by atoms with Crippen molar-refractivity contribution in [2.24, 2.45) is 10.8 Å². The van der Waals surface area contributed by atoms with Crippen LogP contribution in [-0.4, -0.2) is 28.8 Å². The van der Waals surface area contributed by atoms with E-state index in [-0.39, 0.29) is 11.6 Å². The average Bonchev–Trinajstić information content (AvgIpc) is 2.43. The molecule has 2 atom stereocenters. The zero-order valence-corrected chi connectivity index (χ0v) is 11.9. The number of hydrogen-bond acceptors (Lipinski definition) is 2. The van der Waals surface area contributed by atoms with Gasteiger partial charge in [-0.05, 0) is 30.1 Å². The second-order valence-electron chi connectivity index (χ2n) is 7.51. The molecule has 2 unspecified atom stereocenters. The molecule has 0 aromatic heterocycles. The van der Waals surface area contributed by atoms with E-state index in [0.717, 1.165) is 25.8 Å². The highest BCUT2D eigenvalue weighted by molar-refractivity contribution is 4.89. The summed E-state index contributed by atoms with van der Waals surface area (Å²) in [5.41, 5.74) is 0.554. The fraction of sp³-hybridized carbons (Fsp3) is 1.00. The maximum Gasteiger partial charge on any atom is 0.107 e. The van der Waals surface area contributed by atoms with Gasteiger partial charge in [-0.25, -0.2) is 0 Å². The molecule has 2 heteroatoms. The Balaban J connectivity index is 2.79. The Morgan fingerprint density at radius 1 is 1.19 bits per heavy atom. The molecule has 0 aliphatic carbocycles. The Kier molecular flexibility index (Phi) is 4.07. The molecule has 0 amide bonds. The summed E-state index contributed by atoms with van der Waals surface area (Å²) in [7, 11) is 0. The minimum atomic E-state index is -0.216. The van der Waals surface area contributed by atoms with Gasteiger partial charge in [0.1, 0.15) is 6.23 Å². The molecule has 1 rings (SSSR count). The van der Waals surface area contributed by atoms with Crippen molar-refractivity contribution in [3.8, 4) is 0 Å². The number of hydrogen-bond donors (Lipinski definition) is 1. The van der Waals surface area contributed by atoms with Crippen LogP contribution in [0.3, 0.4) is 0 Å². The monoisotopic (exact) mass is 227 g/mol. The van der Waals surface area contributed by atoms with Crippen molar-refractivity contribution in [3.05, 3.63) is 0 Å². The van der Waals surface area contributed by atoms with Crippen LogP contribution in [0.4, 0.5) is 0 Å². The molecule has 1 aliphatic heterocycles. The van der Waals surface area contributed by atoms with Crippen LogP contribution in [0.2, 0.25) is 0 Å². The first kappa shape index (κ1) is 14.0. The lowest BCUT2D eigenvalue weighted by atomic mass is 9.76. The van der Waals surface area contributed by atoms with Gasteiger partial charge in [0.05, 0.1) is 0 Å². The summed E-state index contributed by atoms with van der Waals surface area (Å²) in [6.45, 7) is 14.8. The first-order valence-electron chi connectivity index (χ1n) is 6.55. The number of aliphatic hydroxyl groups is 1. The first-order valence-corrected chi connectivity index (χ1v) is 6.55. The predicted octanol–water partition coefficient (Wildman–Crippen LogP) is 3.25. The molecule has 1 fully saturated rings. The van der Waals surface area contributed by atoms with Gasteiger partial charge in [0, 0.05) is 12.6 Å². The van der Waals surface area contributed by atoms with E-state index in [0.29, 0.717) is 11.5 Å². The maximum absolute atomic E-state index is 10.0. The average molecular weight is 227 g/mol. The minimum Gasteiger partial charge on any atom is -0.378 e. The summed E-state index contributed by atoms with van der Waals surface area (Å²) < 4.78 is 0. The molecule has 1 heterocycles. The van der Waals surface area contributed by atoms with Gasteiger partial charge in [-0.15, -0.1) is 0 Å². The Morgan fingerprint density at radius 3 is 2.06 bits per heavy atom. The molecular weight excluding hydrogens is 198 g/mol. The van der Waals surface area contributed by atoms with E-state index in [1.807, 2.05) is 0 Å². The van der Waals surface area contributed by atoms with Gasteiger partial charge >= 0.3 is 0 Å². The van der Waals surface area contributed by atoms with Gasteiger partial charge in [0.25, 0.3) is 0 Å². The quantitative estimate of drug-likeness (QED) is 0.783. The molecule has 1 N–H and O–H groups in total. The molecular formula is C14H29NO. The van der Waals surface area contributed by atoms with Crippen LogP contribution >= 0.6 is 0 Å². The van der Waals surface area contributed by atoms with Crippen molar-refractivity contribution in [2.45, 2.75) is 73.1 Å². The van der Waals surface area contributed by atoms with Crippen LogP contribution in [0.25, 0.3) is 0 Å².